The van der Waals surface area contributed by atoms with E-state index >= 15 is 0 Å². The number of nitrogens with zero attached hydrogens (tertiary/aromatic N) is 3. The quantitative estimate of drug-likeness (QED) is 0.628. The summed E-state index contributed by atoms with van der Waals surface area (Å²) in [6.07, 6.45) is -0.273. The maximum Gasteiger partial charge on any atom is 0.310 e. The van der Waals surface area contributed by atoms with E-state index in [0.717, 1.165) is 11.3 Å². The van der Waals surface area contributed by atoms with E-state index in [9.17, 15) is 19.7 Å². The molecule has 0 bridgehead atoms. The number of aliphatic carboxylic acids is 1. The largest absolute Gasteiger partial charge is 0.481 e. The lowest BCUT2D eigenvalue weighted by Crippen LogP contribution is -2.11. The number of nitrogens with one attached hydrogen (secondary N) is 1. The molecular weight excluding hydrogens is 300 g/mol. The number of carbonyl (C=O) groups excluding carboxylic acids is 1. The second-order valence-corrected chi connectivity index (χ2v) is 4.89. The number of aromatic nitrogens is 2. The molecule has 0 spiro atoms. The van der Waals surface area contributed by atoms with Crippen molar-refractivity contribution in [3.63, 3.8) is 0 Å². The van der Waals surface area contributed by atoms with Gasteiger partial charge in [0.25, 0.3) is 11.6 Å². The first-order valence-corrected chi connectivity index (χ1v) is 6.37. The molecule has 0 fully saturated rings. The van der Waals surface area contributed by atoms with Crippen molar-refractivity contribution in [1.82, 2.24) is 10.2 Å². The number of hydrogen-bond donors (Lipinski definition) is 2. The Bertz CT molecular complexity index is 697. The molecule has 0 atom stereocenters. The molecule has 108 valence electrons. The summed E-state index contributed by atoms with van der Waals surface area (Å²) >= 11 is 0.949. The molecule has 1 aromatic heterocycles. The summed E-state index contributed by atoms with van der Waals surface area (Å²) in [5, 5.41) is 29.2. The lowest BCUT2D eigenvalue weighted by Gasteiger charge is -2.00. The number of anilines is 1. The van der Waals surface area contributed by atoms with E-state index in [4.69, 9.17) is 5.11 Å². The van der Waals surface area contributed by atoms with Crippen LogP contribution in [-0.4, -0.2) is 32.1 Å². The average Bonchev–Trinajstić information content (AvgIpc) is 2.85. The molecule has 0 radical (unpaired) electrons. The van der Waals surface area contributed by atoms with Gasteiger partial charge in [-0.05, 0) is 12.1 Å². The van der Waals surface area contributed by atoms with Gasteiger partial charge in [0.1, 0.15) is 5.01 Å². The van der Waals surface area contributed by atoms with Crippen molar-refractivity contribution in [2.24, 2.45) is 0 Å². The fourth-order valence-corrected chi connectivity index (χ4v) is 2.13. The summed E-state index contributed by atoms with van der Waals surface area (Å²) in [4.78, 5) is 32.3. The first-order chi connectivity index (χ1) is 9.95. The normalized spacial score (nSPS) is 10.1. The summed E-state index contributed by atoms with van der Waals surface area (Å²) in [5.41, 5.74) is 0.0989. The Morgan fingerprint density at radius 2 is 1.95 bits per heavy atom. The lowest BCUT2D eigenvalue weighted by molar-refractivity contribution is -0.384. The van der Waals surface area contributed by atoms with E-state index in [0.29, 0.717) is 0 Å². The summed E-state index contributed by atoms with van der Waals surface area (Å²) in [6.45, 7) is 0. The zero-order valence-corrected chi connectivity index (χ0v) is 11.2. The van der Waals surface area contributed by atoms with Crippen molar-refractivity contribution < 1.29 is 19.6 Å². The molecule has 2 N–H and O–H groups in total. The van der Waals surface area contributed by atoms with E-state index in [1.807, 2.05) is 0 Å². The van der Waals surface area contributed by atoms with Crippen molar-refractivity contribution in [2.45, 2.75) is 6.42 Å². The highest BCUT2D eigenvalue weighted by Gasteiger charge is 2.13. The zero-order valence-electron chi connectivity index (χ0n) is 10.3. The predicted octanol–water partition coefficient (Wildman–Crippen LogP) is 1.33. The minimum absolute atomic E-state index is 0.119. The van der Waals surface area contributed by atoms with Crippen LogP contribution in [0.3, 0.4) is 0 Å². The number of benzene rings is 1. The van der Waals surface area contributed by atoms with Gasteiger partial charge in [-0.25, -0.2) is 0 Å². The van der Waals surface area contributed by atoms with Crippen LogP contribution in [0.15, 0.2) is 24.3 Å². The highest BCUT2D eigenvalue weighted by molar-refractivity contribution is 7.15. The Balaban J connectivity index is 2.05. The van der Waals surface area contributed by atoms with Crippen LogP contribution in [0.4, 0.5) is 10.8 Å². The van der Waals surface area contributed by atoms with Crippen molar-refractivity contribution in [3.05, 3.63) is 45.0 Å². The van der Waals surface area contributed by atoms with Gasteiger partial charge < -0.3 is 5.11 Å². The molecule has 0 aliphatic rings. The van der Waals surface area contributed by atoms with E-state index < -0.39 is 16.8 Å². The second-order valence-electron chi connectivity index (χ2n) is 3.83. The van der Waals surface area contributed by atoms with Crippen LogP contribution in [0.2, 0.25) is 0 Å². The topological polar surface area (TPSA) is 135 Å². The third-order valence-electron chi connectivity index (χ3n) is 2.33. The molecule has 0 unspecified atom stereocenters. The number of non-ortho nitro benzene ring substituents is 1. The van der Waals surface area contributed by atoms with Crippen molar-refractivity contribution in [2.75, 3.05) is 5.32 Å². The first-order valence-electron chi connectivity index (χ1n) is 5.55. The van der Waals surface area contributed by atoms with Gasteiger partial charge >= 0.3 is 5.97 Å². The van der Waals surface area contributed by atoms with Crippen LogP contribution in [0, 0.1) is 10.1 Å². The van der Waals surface area contributed by atoms with Gasteiger partial charge in [-0.3, -0.25) is 25.0 Å². The minimum Gasteiger partial charge on any atom is -0.481 e. The molecule has 0 aliphatic heterocycles. The van der Waals surface area contributed by atoms with Crippen molar-refractivity contribution in [3.8, 4) is 0 Å². The summed E-state index contributed by atoms with van der Waals surface area (Å²) < 4.78 is 0. The fraction of sp³-hybridized carbons (Fsp3) is 0.0909. The molecule has 0 saturated carbocycles. The van der Waals surface area contributed by atoms with Crippen LogP contribution in [0.5, 0.6) is 0 Å². The Labute approximate surface area is 121 Å². The molecule has 0 aliphatic carbocycles. The summed E-state index contributed by atoms with van der Waals surface area (Å²) in [5.74, 6) is -1.55. The molecule has 1 amide bonds. The van der Waals surface area contributed by atoms with Crippen LogP contribution >= 0.6 is 11.3 Å². The molecule has 1 heterocycles. The van der Waals surface area contributed by atoms with Gasteiger partial charge in [0, 0.05) is 17.7 Å². The number of carboxylic acid groups (broad SMARTS) is 1. The van der Waals surface area contributed by atoms with E-state index in [1.165, 1.54) is 24.3 Å². The monoisotopic (exact) mass is 308 g/mol. The third-order valence-corrected chi connectivity index (χ3v) is 3.17. The van der Waals surface area contributed by atoms with Gasteiger partial charge in [0.2, 0.25) is 5.13 Å². The summed E-state index contributed by atoms with van der Waals surface area (Å²) in [6, 6.07) is 5.05. The van der Waals surface area contributed by atoms with Crippen molar-refractivity contribution >= 4 is 34.0 Å². The van der Waals surface area contributed by atoms with Crippen LogP contribution in [0.25, 0.3) is 0 Å². The SMILES string of the molecule is O=C(O)Cc1nnc(NC(=O)c2ccc([N+](=O)[O-])cc2)s1. The molecule has 2 rings (SSSR count). The molecule has 21 heavy (non-hydrogen) atoms. The second kappa shape index (κ2) is 6.05. The maximum atomic E-state index is 11.9. The van der Waals surface area contributed by atoms with E-state index in [2.05, 4.69) is 15.5 Å². The average molecular weight is 308 g/mol. The number of carboxylic acids is 1. The number of amides is 1. The number of nitro benzene ring substituents is 1. The molecule has 10 heteroatoms. The fourth-order valence-electron chi connectivity index (χ4n) is 1.41. The van der Waals surface area contributed by atoms with Crippen LogP contribution in [-0.2, 0) is 11.2 Å². The smallest absolute Gasteiger partial charge is 0.310 e. The highest BCUT2D eigenvalue weighted by Crippen LogP contribution is 2.18. The van der Waals surface area contributed by atoms with E-state index in [-0.39, 0.29) is 27.8 Å². The highest BCUT2D eigenvalue weighted by atomic mass is 32.1. The standard InChI is InChI=1S/C11H8N4O5S/c16-9(17)5-8-13-14-11(21-8)12-10(18)6-1-3-7(4-2-6)15(19)20/h1-4H,5H2,(H,16,17)(H,12,14,18). The molecule has 1 aromatic carbocycles. The molecule has 9 nitrogen and oxygen atoms in total. The zero-order chi connectivity index (χ0) is 15.4. The van der Waals surface area contributed by atoms with Crippen LogP contribution in [0.1, 0.15) is 15.4 Å². The van der Waals surface area contributed by atoms with Gasteiger partial charge in [-0.2, -0.15) is 0 Å². The number of carbonyl (C=O) groups is 2. The number of nitro groups is 1. The molecule has 0 saturated heterocycles. The molecule has 2 aromatic rings. The number of rotatable bonds is 5. The Kier molecular flexibility index (Phi) is 4.18. The molecular formula is C11H8N4O5S. The van der Waals surface area contributed by atoms with Gasteiger partial charge in [-0.15, -0.1) is 10.2 Å². The van der Waals surface area contributed by atoms with Gasteiger partial charge in [-0.1, -0.05) is 11.3 Å². The number of hydrogen-bond acceptors (Lipinski definition) is 7. The maximum absolute atomic E-state index is 11.9. The van der Waals surface area contributed by atoms with Gasteiger partial charge in [0.15, 0.2) is 0 Å². The lowest BCUT2D eigenvalue weighted by atomic mass is 10.2. The minimum atomic E-state index is -1.04. The predicted molar refractivity (Wildman–Crippen MR) is 72.3 cm³/mol. The van der Waals surface area contributed by atoms with Gasteiger partial charge in [0.05, 0.1) is 11.3 Å². The first kappa shape index (κ1) is 14.5. The Morgan fingerprint density at radius 3 is 2.52 bits per heavy atom. The Hall–Kier alpha value is -2.88. The third kappa shape index (κ3) is 3.79. The summed E-state index contributed by atoms with van der Waals surface area (Å²) in [7, 11) is 0. The van der Waals surface area contributed by atoms with Crippen LogP contribution < -0.4 is 5.32 Å². The van der Waals surface area contributed by atoms with Crippen molar-refractivity contribution in [1.29, 1.82) is 0 Å². The van der Waals surface area contributed by atoms with E-state index in [1.54, 1.807) is 0 Å². The Morgan fingerprint density at radius 1 is 1.29 bits per heavy atom.